The van der Waals surface area contributed by atoms with Crippen LogP contribution in [-0.2, 0) is 6.54 Å². The van der Waals surface area contributed by atoms with Gasteiger partial charge in [0.25, 0.3) is 5.91 Å². The van der Waals surface area contributed by atoms with Crippen LogP contribution >= 0.6 is 0 Å². The Bertz CT molecular complexity index is 535. The number of primary amides is 1. The van der Waals surface area contributed by atoms with Crippen molar-refractivity contribution < 1.29 is 9.59 Å². The predicted molar refractivity (Wildman–Crippen MR) is 70.7 cm³/mol. The molecule has 3 rings (SSSR count). The molecule has 5 heteroatoms. The molecular formula is C14H17N3O2. The van der Waals surface area contributed by atoms with Gasteiger partial charge in [-0.3, -0.25) is 9.59 Å². The summed E-state index contributed by atoms with van der Waals surface area (Å²) in [6, 6.07) is 5.66. The van der Waals surface area contributed by atoms with Gasteiger partial charge in [0.05, 0.1) is 11.1 Å². The van der Waals surface area contributed by atoms with E-state index < -0.39 is 5.91 Å². The van der Waals surface area contributed by atoms with Gasteiger partial charge in [0.1, 0.15) is 0 Å². The Labute approximate surface area is 111 Å². The molecule has 19 heavy (non-hydrogen) atoms. The second-order valence-corrected chi connectivity index (χ2v) is 5.18. The lowest BCUT2D eigenvalue weighted by Gasteiger charge is -2.20. The molecule has 2 heterocycles. The maximum atomic E-state index is 12.4. The second kappa shape index (κ2) is 4.66. The van der Waals surface area contributed by atoms with Gasteiger partial charge in [0.15, 0.2) is 0 Å². The van der Waals surface area contributed by atoms with E-state index in [0.717, 1.165) is 24.9 Å². The van der Waals surface area contributed by atoms with Crippen LogP contribution in [0.4, 0.5) is 0 Å². The molecule has 3 N–H and O–H groups in total. The molecule has 1 unspecified atom stereocenters. The minimum atomic E-state index is -0.536. The van der Waals surface area contributed by atoms with Gasteiger partial charge in [0.2, 0.25) is 5.91 Å². The smallest absolute Gasteiger partial charge is 0.255 e. The minimum absolute atomic E-state index is 0.0712. The highest BCUT2D eigenvalue weighted by atomic mass is 16.2. The summed E-state index contributed by atoms with van der Waals surface area (Å²) in [6.45, 7) is 2.30. The Morgan fingerprint density at radius 3 is 3.00 bits per heavy atom. The van der Waals surface area contributed by atoms with E-state index in [2.05, 4.69) is 5.32 Å². The van der Waals surface area contributed by atoms with Gasteiger partial charge < -0.3 is 16.0 Å². The Morgan fingerprint density at radius 1 is 1.47 bits per heavy atom. The van der Waals surface area contributed by atoms with Crippen LogP contribution in [0.15, 0.2) is 18.2 Å². The summed E-state index contributed by atoms with van der Waals surface area (Å²) in [5.74, 6) is -0.607. The SMILES string of the molecule is NC(=O)c1cccc2c1C(=O)N(CC1CCCN1)C2. The quantitative estimate of drug-likeness (QED) is 0.829. The lowest BCUT2D eigenvalue weighted by atomic mass is 10.0. The Kier molecular flexibility index (Phi) is 2.98. The normalized spacial score (nSPS) is 21.8. The Balaban J connectivity index is 1.85. The molecule has 0 spiro atoms. The van der Waals surface area contributed by atoms with Crippen LogP contribution in [0.2, 0.25) is 0 Å². The van der Waals surface area contributed by atoms with E-state index in [0.29, 0.717) is 30.3 Å². The van der Waals surface area contributed by atoms with E-state index in [1.54, 1.807) is 17.0 Å². The summed E-state index contributed by atoms with van der Waals surface area (Å²) < 4.78 is 0. The number of carbonyl (C=O) groups is 2. The standard InChI is InChI=1S/C14H17N3O2/c15-13(18)11-5-1-3-9-7-17(14(19)12(9)11)8-10-4-2-6-16-10/h1,3,5,10,16H,2,4,6-8H2,(H2,15,18). The van der Waals surface area contributed by atoms with E-state index in [9.17, 15) is 9.59 Å². The zero-order valence-electron chi connectivity index (χ0n) is 10.7. The van der Waals surface area contributed by atoms with E-state index in [4.69, 9.17) is 5.73 Å². The van der Waals surface area contributed by atoms with E-state index in [1.807, 2.05) is 6.07 Å². The van der Waals surface area contributed by atoms with Crippen LogP contribution in [0, 0.1) is 0 Å². The maximum absolute atomic E-state index is 12.4. The van der Waals surface area contributed by atoms with E-state index in [1.165, 1.54) is 0 Å². The molecule has 0 aromatic heterocycles. The van der Waals surface area contributed by atoms with Crippen LogP contribution in [0.25, 0.3) is 0 Å². The van der Waals surface area contributed by atoms with Crippen molar-refractivity contribution in [3.8, 4) is 0 Å². The van der Waals surface area contributed by atoms with Crippen molar-refractivity contribution in [2.24, 2.45) is 5.73 Å². The summed E-state index contributed by atoms with van der Waals surface area (Å²) in [5.41, 5.74) is 7.07. The maximum Gasteiger partial charge on any atom is 0.255 e. The third kappa shape index (κ3) is 2.10. The van der Waals surface area contributed by atoms with Crippen molar-refractivity contribution in [1.29, 1.82) is 0 Å². The van der Waals surface area contributed by atoms with Crippen molar-refractivity contribution in [3.05, 3.63) is 34.9 Å². The first-order chi connectivity index (χ1) is 9.16. The number of hydrogen-bond acceptors (Lipinski definition) is 3. The van der Waals surface area contributed by atoms with Crippen molar-refractivity contribution >= 4 is 11.8 Å². The van der Waals surface area contributed by atoms with Gasteiger partial charge in [-0.15, -0.1) is 0 Å². The molecule has 1 saturated heterocycles. The summed E-state index contributed by atoms with van der Waals surface area (Å²) >= 11 is 0. The lowest BCUT2D eigenvalue weighted by Crippen LogP contribution is -2.37. The first kappa shape index (κ1) is 12.2. The number of benzene rings is 1. The number of rotatable bonds is 3. The Hall–Kier alpha value is -1.88. The van der Waals surface area contributed by atoms with Crippen LogP contribution in [0.1, 0.15) is 39.1 Å². The highest BCUT2D eigenvalue weighted by molar-refractivity contribution is 6.09. The number of nitrogens with zero attached hydrogens (tertiary/aromatic N) is 1. The average Bonchev–Trinajstić information content (AvgIpc) is 2.99. The predicted octanol–water partition coefficient (Wildman–Crippen LogP) is 0.493. The first-order valence-corrected chi connectivity index (χ1v) is 6.61. The van der Waals surface area contributed by atoms with Gasteiger partial charge in [-0.2, -0.15) is 0 Å². The molecule has 2 aliphatic rings. The second-order valence-electron chi connectivity index (χ2n) is 5.18. The molecule has 2 amide bonds. The summed E-state index contributed by atoms with van der Waals surface area (Å²) in [5, 5.41) is 3.38. The van der Waals surface area contributed by atoms with E-state index >= 15 is 0 Å². The number of hydrogen-bond donors (Lipinski definition) is 2. The van der Waals surface area contributed by atoms with Crippen molar-refractivity contribution in [3.63, 3.8) is 0 Å². The van der Waals surface area contributed by atoms with Crippen molar-refractivity contribution in [1.82, 2.24) is 10.2 Å². The van der Waals surface area contributed by atoms with Crippen LogP contribution < -0.4 is 11.1 Å². The first-order valence-electron chi connectivity index (χ1n) is 6.61. The number of carbonyl (C=O) groups excluding carboxylic acids is 2. The molecule has 1 atom stereocenters. The number of nitrogens with two attached hydrogens (primary N) is 1. The number of amides is 2. The van der Waals surface area contributed by atoms with Crippen molar-refractivity contribution in [2.75, 3.05) is 13.1 Å². The molecule has 0 aliphatic carbocycles. The molecule has 0 radical (unpaired) electrons. The van der Waals surface area contributed by atoms with Gasteiger partial charge >= 0.3 is 0 Å². The van der Waals surface area contributed by atoms with Gasteiger partial charge in [0, 0.05) is 19.1 Å². The molecule has 2 aliphatic heterocycles. The monoisotopic (exact) mass is 259 g/mol. The molecule has 1 aromatic rings. The molecule has 1 fully saturated rings. The summed E-state index contributed by atoms with van der Waals surface area (Å²) in [7, 11) is 0. The van der Waals surface area contributed by atoms with Crippen LogP contribution in [-0.4, -0.2) is 35.8 Å². The fraction of sp³-hybridized carbons (Fsp3) is 0.429. The highest BCUT2D eigenvalue weighted by Gasteiger charge is 2.32. The molecule has 0 saturated carbocycles. The van der Waals surface area contributed by atoms with E-state index in [-0.39, 0.29) is 5.91 Å². The minimum Gasteiger partial charge on any atom is -0.366 e. The molecule has 1 aromatic carbocycles. The summed E-state index contributed by atoms with van der Waals surface area (Å²) in [6.07, 6.45) is 2.26. The van der Waals surface area contributed by atoms with Crippen LogP contribution in [0.3, 0.4) is 0 Å². The zero-order valence-corrected chi connectivity index (χ0v) is 10.7. The largest absolute Gasteiger partial charge is 0.366 e. The Morgan fingerprint density at radius 2 is 2.32 bits per heavy atom. The third-order valence-electron chi connectivity index (χ3n) is 3.88. The van der Waals surface area contributed by atoms with Crippen LogP contribution in [0.5, 0.6) is 0 Å². The van der Waals surface area contributed by atoms with Gasteiger partial charge in [-0.25, -0.2) is 0 Å². The fourth-order valence-corrected chi connectivity index (χ4v) is 2.95. The van der Waals surface area contributed by atoms with Gasteiger partial charge in [-0.1, -0.05) is 12.1 Å². The molecular weight excluding hydrogens is 242 g/mol. The third-order valence-corrected chi connectivity index (χ3v) is 3.88. The average molecular weight is 259 g/mol. The number of fused-ring (bicyclic) bond motifs is 1. The lowest BCUT2D eigenvalue weighted by molar-refractivity contribution is 0.0761. The number of nitrogens with one attached hydrogen (secondary N) is 1. The van der Waals surface area contributed by atoms with Gasteiger partial charge in [-0.05, 0) is 31.0 Å². The zero-order chi connectivity index (χ0) is 13.4. The fourth-order valence-electron chi connectivity index (χ4n) is 2.95. The van der Waals surface area contributed by atoms with Crippen molar-refractivity contribution in [2.45, 2.75) is 25.4 Å². The highest BCUT2D eigenvalue weighted by Crippen LogP contribution is 2.26. The molecule has 5 nitrogen and oxygen atoms in total. The summed E-state index contributed by atoms with van der Waals surface area (Å²) in [4.78, 5) is 25.6. The molecule has 100 valence electrons. The topological polar surface area (TPSA) is 75.4 Å². The molecule has 0 bridgehead atoms.